The molecule has 0 amide bonds. The molecule has 2 aliphatic rings. The smallest absolute Gasteiger partial charge is 0.137 e. The first-order valence-electron chi connectivity index (χ1n) is 6.45. The molecule has 2 heterocycles. The number of piperidine rings is 1. The van der Waals surface area contributed by atoms with E-state index in [1.807, 2.05) is 0 Å². The van der Waals surface area contributed by atoms with E-state index in [-0.39, 0.29) is 5.82 Å². The monoisotopic (exact) mass is 313 g/mol. The van der Waals surface area contributed by atoms with Crippen LogP contribution in [-0.4, -0.2) is 35.2 Å². The number of hydrogen-bond acceptors (Lipinski definition) is 2. The Morgan fingerprint density at radius 1 is 1.44 bits per heavy atom. The number of aliphatic hydroxyl groups is 1. The quantitative estimate of drug-likeness (QED) is 0.907. The Hall–Kier alpha value is -0.450. The van der Waals surface area contributed by atoms with Crippen molar-refractivity contribution in [2.24, 2.45) is 5.92 Å². The molecular weight excluding hydrogens is 297 g/mol. The Morgan fingerprint density at radius 3 is 3.06 bits per heavy atom. The van der Waals surface area contributed by atoms with Gasteiger partial charge in [-0.15, -0.1) is 0 Å². The van der Waals surface area contributed by atoms with Crippen LogP contribution in [0.5, 0.6) is 0 Å². The van der Waals surface area contributed by atoms with Crippen LogP contribution in [-0.2, 0) is 6.42 Å². The van der Waals surface area contributed by atoms with Crippen molar-refractivity contribution in [3.05, 3.63) is 34.1 Å². The molecule has 2 bridgehead atoms. The van der Waals surface area contributed by atoms with E-state index in [1.54, 1.807) is 12.1 Å². The fraction of sp³-hybridized carbons (Fsp3) is 0.571. The summed E-state index contributed by atoms with van der Waals surface area (Å²) in [6, 6.07) is 5.03. The number of nitrogens with zero attached hydrogens (tertiary/aromatic N) is 1. The second-order valence-electron chi connectivity index (χ2n) is 5.57. The van der Waals surface area contributed by atoms with Crippen LogP contribution in [0.15, 0.2) is 22.7 Å². The SMILES string of the molecule is OC1(Cc2ccc(F)c(Br)c2)CCN2CCC1C2. The molecule has 3 atom stereocenters. The van der Waals surface area contributed by atoms with E-state index in [0.29, 0.717) is 16.8 Å². The Kier molecular flexibility index (Phi) is 3.20. The fourth-order valence-electron chi connectivity index (χ4n) is 3.27. The van der Waals surface area contributed by atoms with Crippen LogP contribution in [0.25, 0.3) is 0 Å². The lowest BCUT2D eigenvalue weighted by Gasteiger charge is -2.39. The summed E-state index contributed by atoms with van der Waals surface area (Å²) in [4.78, 5) is 2.42. The standard InChI is InChI=1S/C14H17BrFNO/c15-12-7-10(1-2-13(12)16)8-14(18)4-6-17-5-3-11(14)9-17/h1-2,7,11,18H,3-6,8-9H2. The van der Waals surface area contributed by atoms with Crippen molar-refractivity contribution in [2.75, 3.05) is 19.6 Å². The fourth-order valence-corrected chi connectivity index (χ4v) is 3.69. The number of fused-ring (bicyclic) bond motifs is 2. The second-order valence-corrected chi connectivity index (χ2v) is 6.42. The predicted molar refractivity (Wildman–Crippen MR) is 71.9 cm³/mol. The van der Waals surface area contributed by atoms with Crippen LogP contribution < -0.4 is 0 Å². The Morgan fingerprint density at radius 2 is 2.28 bits per heavy atom. The second kappa shape index (κ2) is 4.58. The first-order chi connectivity index (χ1) is 8.57. The van der Waals surface area contributed by atoms with Crippen molar-refractivity contribution in [1.82, 2.24) is 4.90 Å². The first kappa shape index (κ1) is 12.6. The van der Waals surface area contributed by atoms with Crippen molar-refractivity contribution in [1.29, 1.82) is 0 Å². The normalized spacial score (nSPS) is 34.8. The molecule has 98 valence electrons. The average molecular weight is 314 g/mol. The van der Waals surface area contributed by atoms with Gasteiger partial charge in [0.1, 0.15) is 5.82 Å². The number of benzene rings is 1. The van der Waals surface area contributed by atoms with Crippen molar-refractivity contribution < 1.29 is 9.50 Å². The molecule has 3 rings (SSSR count). The lowest BCUT2D eigenvalue weighted by molar-refractivity contribution is -0.0439. The molecule has 2 saturated heterocycles. The summed E-state index contributed by atoms with van der Waals surface area (Å²) < 4.78 is 13.7. The van der Waals surface area contributed by atoms with Crippen molar-refractivity contribution in [3.63, 3.8) is 0 Å². The zero-order valence-electron chi connectivity index (χ0n) is 10.2. The zero-order valence-corrected chi connectivity index (χ0v) is 11.8. The minimum absolute atomic E-state index is 0.249. The first-order valence-corrected chi connectivity index (χ1v) is 7.25. The summed E-state index contributed by atoms with van der Waals surface area (Å²) in [5, 5.41) is 10.8. The van der Waals surface area contributed by atoms with Gasteiger partial charge in [-0.2, -0.15) is 0 Å². The van der Waals surface area contributed by atoms with E-state index in [9.17, 15) is 9.50 Å². The van der Waals surface area contributed by atoms with E-state index in [4.69, 9.17) is 0 Å². The Balaban J connectivity index is 1.80. The summed E-state index contributed by atoms with van der Waals surface area (Å²) in [5.74, 6) is 0.122. The van der Waals surface area contributed by atoms with Gasteiger partial charge in [-0.1, -0.05) is 6.07 Å². The molecule has 0 saturated carbocycles. The molecule has 2 nitrogen and oxygen atoms in total. The van der Waals surface area contributed by atoms with Crippen molar-refractivity contribution >= 4 is 15.9 Å². The summed E-state index contributed by atoms with van der Waals surface area (Å²) in [7, 11) is 0. The third-order valence-electron chi connectivity index (χ3n) is 4.39. The van der Waals surface area contributed by atoms with Gasteiger partial charge in [0.25, 0.3) is 0 Å². The maximum atomic E-state index is 13.2. The molecule has 0 radical (unpaired) electrons. The molecule has 1 aromatic rings. The summed E-state index contributed by atoms with van der Waals surface area (Å²) >= 11 is 3.20. The Labute approximate surface area is 115 Å². The van der Waals surface area contributed by atoms with Gasteiger partial charge in [-0.3, -0.25) is 0 Å². The lowest BCUT2D eigenvalue weighted by atomic mass is 9.78. The maximum Gasteiger partial charge on any atom is 0.137 e. The number of rotatable bonds is 2. The minimum atomic E-state index is -0.607. The largest absolute Gasteiger partial charge is 0.389 e. The van der Waals surface area contributed by atoms with Gasteiger partial charge in [0.2, 0.25) is 0 Å². The Bertz CT molecular complexity index is 467. The zero-order chi connectivity index (χ0) is 12.8. The highest BCUT2D eigenvalue weighted by molar-refractivity contribution is 9.10. The highest BCUT2D eigenvalue weighted by Gasteiger charge is 2.44. The van der Waals surface area contributed by atoms with Crippen LogP contribution >= 0.6 is 15.9 Å². The predicted octanol–water partition coefficient (Wildman–Crippen LogP) is 2.59. The third-order valence-corrected chi connectivity index (χ3v) is 5.00. The molecule has 4 heteroatoms. The molecule has 2 aliphatic heterocycles. The van der Waals surface area contributed by atoms with Gasteiger partial charge in [0, 0.05) is 25.4 Å². The molecule has 0 aliphatic carbocycles. The maximum absolute atomic E-state index is 13.2. The molecule has 0 aromatic heterocycles. The average Bonchev–Trinajstić information content (AvgIpc) is 2.75. The van der Waals surface area contributed by atoms with E-state index < -0.39 is 5.60 Å². The van der Waals surface area contributed by atoms with Crippen LogP contribution in [0, 0.1) is 11.7 Å². The molecule has 0 spiro atoms. The van der Waals surface area contributed by atoms with Gasteiger partial charge in [-0.05, 0) is 53.0 Å². The molecule has 1 N–H and O–H groups in total. The summed E-state index contributed by atoms with van der Waals surface area (Å²) in [5.41, 5.74) is 0.399. The highest BCUT2D eigenvalue weighted by Crippen LogP contribution is 2.38. The summed E-state index contributed by atoms with van der Waals surface area (Å²) in [6.07, 6.45) is 2.54. The van der Waals surface area contributed by atoms with E-state index in [0.717, 1.165) is 38.0 Å². The molecule has 3 unspecified atom stereocenters. The minimum Gasteiger partial charge on any atom is -0.389 e. The van der Waals surface area contributed by atoms with Gasteiger partial charge in [-0.25, -0.2) is 4.39 Å². The van der Waals surface area contributed by atoms with Gasteiger partial charge in [0.15, 0.2) is 0 Å². The van der Waals surface area contributed by atoms with Gasteiger partial charge < -0.3 is 10.0 Å². The summed E-state index contributed by atoms with van der Waals surface area (Å²) in [6.45, 7) is 3.11. The number of halogens is 2. The molecule has 2 fully saturated rings. The van der Waals surface area contributed by atoms with E-state index >= 15 is 0 Å². The van der Waals surface area contributed by atoms with Gasteiger partial charge >= 0.3 is 0 Å². The van der Waals surface area contributed by atoms with Crippen LogP contribution in [0.3, 0.4) is 0 Å². The van der Waals surface area contributed by atoms with E-state index in [2.05, 4.69) is 20.8 Å². The molecular formula is C14H17BrFNO. The highest BCUT2D eigenvalue weighted by atomic mass is 79.9. The van der Waals surface area contributed by atoms with Crippen LogP contribution in [0.2, 0.25) is 0 Å². The lowest BCUT2D eigenvalue weighted by Crippen LogP contribution is -2.47. The van der Waals surface area contributed by atoms with Crippen molar-refractivity contribution in [3.8, 4) is 0 Å². The number of hydrogen-bond donors (Lipinski definition) is 1. The van der Waals surface area contributed by atoms with Gasteiger partial charge in [0.05, 0.1) is 10.1 Å². The topological polar surface area (TPSA) is 23.5 Å². The molecule has 1 aromatic carbocycles. The third kappa shape index (κ3) is 2.22. The van der Waals surface area contributed by atoms with Crippen LogP contribution in [0.1, 0.15) is 18.4 Å². The van der Waals surface area contributed by atoms with Crippen molar-refractivity contribution in [2.45, 2.75) is 24.9 Å². The van der Waals surface area contributed by atoms with Crippen LogP contribution in [0.4, 0.5) is 4.39 Å². The van der Waals surface area contributed by atoms with E-state index in [1.165, 1.54) is 6.07 Å². The molecule has 18 heavy (non-hydrogen) atoms.